The maximum atomic E-state index is 9.15. The lowest BCUT2D eigenvalue weighted by atomic mass is 10.1. The molecule has 0 bridgehead atoms. The number of ether oxygens (including phenoxy) is 1. The SMILES string of the molecule is NC(C1CC1)C(CO)OCCC1CC1. The number of nitrogens with two attached hydrogens (primary N) is 1. The molecule has 2 atom stereocenters. The van der Waals surface area contributed by atoms with Gasteiger partial charge in [0.25, 0.3) is 0 Å². The van der Waals surface area contributed by atoms with Gasteiger partial charge in [-0.05, 0) is 31.1 Å². The van der Waals surface area contributed by atoms with E-state index in [0.29, 0.717) is 5.92 Å². The monoisotopic (exact) mass is 199 g/mol. The van der Waals surface area contributed by atoms with E-state index in [-0.39, 0.29) is 18.8 Å². The lowest BCUT2D eigenvalue weighted by molar-refractivity contribution is -0.00881. The summed E-state index contributed by atoms with van der Waals surface area (Å²) >= 11 is 0. The molecule has 0 heterocycles. The Labute approximate surface area is 85.6 Å². The van der Waals surface area contributed by atoms with E-state index in [1.54, 1.807) is 0 Å². The largest absolute Gasteiger partial charge is 0.394 e. The number of hydrogen-bond acceptors (Lipinski definition) is 3. The average molecular weight is 199 g/mol. The molecular formula is C11H21NO2. The molecule has 0 aromatic rings. The van der Waals surface area contributed by atoms with Crippen molar-refractivity contribution in [2.75, 3.05) is 13.2 Å². The van der Waals surface area contributed by atoms with Crippen molar-refractivity contribution in [3.63, 3.8) is 0 Å². The van der Waals surface area contributed by atoms with Gasteiger partial charge in [0.2, 0.25) is 0 Å². The fraction of sp³-hybridized carbons (Fsp3) is 1.00. The summed E-state index contributed by atoms with van der Waals surface area (Å²) in [4.78, 5) is 0. The minimum absolute atomic E-state index is 0.0548. The summed E-state index contributed by atoms with van der Waals surface area (Å²) in [6, 6.07) is 0.0548. The van der Waals surface area contributed by atoms with Crippen LogP contribution in [0.1, 0.15) is 32.1 Å². The van der Waals surface area contributed by atoms with Crippen LogP contribution in [0.5, 0.6) is 0 Å². The summed E-state index contributed by atoms with van der Waals surface area (Å²) in [5.41, 5.74) is 5.98. The normalized spacial score (nSPS) is 26.1. The molecule has 2 aliphatic carbocycles. The van der Waals surface area contributed by atoms with Gasteiger partial charge in [0.05, 0.1) is 12.7 Å². The summed E-state index contributed by atoms with van der Waals surface area (Å²) in [7, 11) is 0. The molecule has 2 fully saturated rings. The van der Waals surface area contributed by atoms with Crippen LogP contribution in [0.4, 0.5) is 0 Å². The Bertz CT molecular complexity index is 178. The summed E-state index contributed by atoms with van der Waals surface area (Å²) in [6.07, 6.45) is 6.17. The molecule has 3 N–H and O–H groups in total. The van der Waals surface area contributed by atoms with E-state index in [9.17, 15) is 0 Å². The first-order valence-corrected chi connectivity index (χ1v) is 5.79. The Hall–Kier alpha value is -0.120. The van der Waals surface area contributed by atoms with Gasteiger partial charge in [-0.2, -0.15) is 0 Å². The van der Waals surface area contributed by atoms with Gasteiger partial charge in [-0.3, -0.25) is 0 Å². The molecule has 14 heavy (non-hydrogen) atoms. The minimum atomic E-state index is -0.124. The van der Waals surface area contributed by atoms with Gasteiger partial charge >= 0.3 is 0 Å². The Balaban J connectivity index is 1.62. The Kier molecular flexibility index (Phi) is 3.42. The molecular weight excluding hydrogens is 178 g/mol. The van der Waals surface area contributed by atoms with Crippen LogP contribution in [0.25, 0.3) is 0 Å². The summed E-state index contributed by atoms with van der Waals surface area (Å²) in [6.45, 7) is 0.846. The highest BCUT2D eigenvalue weighted by Crippen LogP contribution is 2.34. The fourth-order valence-corrected chi connectivity index (χ4v) is 1.86. The molecule has 0 spiro atoms. The molecule has 2 saturated carbocycles. The number of aliphatic hydroxyl groups is 1. The fourth-order valence-electron chi connectivity index (χ4n) is 1.86. The predicted molar refractivity (Wildman–Crippen MR) is 54.9 cm³/mol. The third kappa shape index (κ3) is 2.94. The van der Waals surface area contributed by atoms with Crippen LogP contribution in [-0.4, -0.2) is 30.5 Å². The standard InChI is InChI=1S/C11H21NO2/c12-11(9-3-4-9)10(7-13)14-6-5-8-1-2-8/h8-11,13H,1-7,12H2. The lowest BCUT2D eigenvalue weighted by Gasteiger charge is -2.22. The van der Waals surface area contributed by atoms with E-state index < -0.39 is 0 Å². The molecule has 2 aliphatic rings. The number of hydrogen-bond donors (Lipinski definition) is 2. The quantitative estimate of drug-likeness (QED) is 0.640. The Morgan fingerprint density at radius 2 is 2.00 bits per heavy atom. The van der Waals surface area contributed by atoms with Crippen molar-refractivity contribution >= 4 is 0 Å². The third-order valence-electron chi connectivity index (χ3n) is 3.33. The second-order valence-electron chi connectivity index (χ2n) is 4.74. The highest BCUT2D eigenvalue weighted by atomic mass is 16.5. The molecule has 2 unspecified atom stereocenters. The molecule has 0 saturated heterocycles. The molecule has 0 aromatic heterocycles. The molecule has 82 valence electrons. The van der Waals surface area contributed by atoms with Crippen molar-refractivity contribution in [2.45, 2.75) is 44.2 Å². The van der Waals surface area contributed by atoms with Crippen LogP contribution < -0.4 is 5.73 Å². The van der Waals surface area contributed by atoms with Crippen molar-refractivity contribution in [3.8, 4) is 0 Å². The van der Waals surface area contributed by atoms with Gasteiger partial charge in [0.1, 0.15) is 0 Å². The zero-order valence-corrected chi connectivity index (χ0v) is 8.69. The zero-order valence-electron chi connectivity index (χ0n) is 8.69. The minimum Gasteiger partial charge on any atom is -0.394 e. The highest BCUT2D eigenvalue weighted by molar-refractivity contribution is 4.89. The third-order valence-corrected chi connectivity index (χ3v) is 3.33. The summed E-state index contributed by atoms with van der Waals surface area (Å²) in [5.74, 6) is 1.50. The first-order valence-electron chi connectivity index (χ1n) is 5.79. The Morgan fingerprint density at radius 1 is 1.29 bits per heavy atom. The van der Waals surface area contributed by atoms with E-state index in [2.05, 4.69) is 0 Å². The maximum absolute atomic E-state index is 9.15. The van der Waals surface area contributed by atoms with Gasteiger partial charge in [0, 0.05) is 12.6 Å². The first-order chi connectivity index (χ1) is 6.81. The van der Waals surface area contributed by atoms with Crippen LogP contribution in [0.2, 0.25) is 0 Å². The van der Waals surface area contributed by atoms with Gasteiger partial charge in [-0.15, -0.1) is 0 Å². The van der Waals surface area contributed by atoms with Crippen molar-refractivity contribution in [3.05, 3.63) is 0 Å². The van der Waals surface area contributed by atoms with Crippen LogP contribution in [0, 0.1) is 11.8 Å². The second-order valence-corrected chi connectivity index (χ2v) is 4.74. The number of aliphatic hydroxyl groups excluding tert-OH is 1. The van der Waals surface area contributed by atoms with Crippen LogP contribution in [-0.2, 0) is 4.74 Å². The first kappa shape index (κ1) is 10.4. The van der Waals surface area contributed by atoms with E-state index >= 15 is 0 Å². The van der Waals surface area contributed by atoms with Crippen molar-refractivity contribution in [1.82, 2.24) is 0 Å². The van der Waals surface area contributed by atoms with Crippen molar-refractivity contribution in [2.24, 2.45) is 17.6 Å². The van der Waals surface area contributed by atoms with Crippen LogP contribution in [0.15, 0.2) is 0 Å². The predicted octanol–water partition coefficient (Wildman–Crippen LogP) is 0.901. The van der Waals surface area contributed by atoms with Gasteiger partial charge < -0.3 is 15.6 Å². The summed E-state index contributed by atoms with van der Waals surface area (Å²) < 4.78 is 5.63. The van der Waals surface area contributed by atoms with E-state index in [1.807, 2.05) is 0 Å². The smallest absolute Gasteiger partial charge is 0.0958 e. The topological polar surface area (TPSA) is 55.5 Å². The van der Waals surface area contributed by atoms with E-state index in [4.69, 9.17) is 15.6 Å². The summed E-state index contributed by atoms with van der Waals surface area (Å²) in [5, 5.41) is 9.15. The van der Waals surface area contributed by atoms with E-state index in [0.717, 1.165) is 18.9 Å². The molecule has 2 rings (SSSR count). The molecule has 3 nitrogen and oxygen atoms in total. The molecule has 0 aliphatic heterocycles. The van der Waals surface area contributed by atoms with Gasteiger partial charge in [-0.1, -0.05) is 12.8 Å². The lowest BCUT2D eigenvalue weighted by Crippen LogP contribution is -2.41. The molecule has 0 radical (unpaired) electrons. The van der Waals surface area contributed by atoms with Gasteiger partial charge in [-0.25, -0.2) is 0 Å². The van der Waals surface area contributed by atoms with E-state index in [1.165, 1.54) is 25.7 Å². The van der Waals surface area contributed by atoms with Crippen molar-refractivity contribution in [1.29, 1.82) is 0 Å². The maximum Gasteiger partial charge on any atom is 0.0958 e. The van der Waals surface area contributed by atoms with Gasteiger partial charge in [0.15, 0.2) is 0 Å². The highest BCUT2D eigenvalue weighted by Gasteiger charge is 2.34. The Morgan fingerprint density at radius 3 is 2.50 bits per heavy atom. The molecule has 3 heteroatoms. The molecule has 0 aromatic carbocycles. The van der Waals surface area contributed by atoms with Crippen LogP contribution in [0.3, 0.4) is 0 Å². The van der Waals surface area contributed by atoms with Crippen molar-refractivity contribution < 1.29 is 9.84 Å². The number of rotatable bonds is 7. The molecule has 0 amide bonds. The second kappa shape index (κ2) is 4.60. The van der Waals surface area contributed by atoms with Crippen LogP contribution >= 0.6 is 0 Å². The zero-order chi connectivity index (χ0) is 9.97. The average Bonchev–Trinajstić information content (AvgIpc) is 3.05.